The largest absolute Gasteiger partial charge is 0.321 e. The fourth-order valence-electron chi connectivity index (χ4n) is 3.26. The number of hydrogen-bond acceptors (Lipinski definition) is 1. The van der Waals surface area contributed by atoms with Crippen molar-refractivity contribution < 1.29 is 0 Å². The molecule has 0 heterocycles. The number of aryl methyl sites for hydroxylation is 1. The lowest BCUT2D eigenvalue weighted by atomic mass is 9.72. The van der Waals surface area contributed by atoms with E-state index in [0.29, 0.717) is 0 Å². The third kappa shape index (κ3) is 2.55. The molecule has 0 spiro atoms. The van der Waals surface area contributed by atoms with Crippen LogP contribution in [-0.2, 0) is 12.0 Å². The molecule has 1 heteroatoms. The number of hydrogen-bond donors (Lipinski definition) is 1. The van der Waals surface area contributed by atoms with Crippen LogP contribution < -0.4 is 5.73 Å². The van der Waals surface area contributed by atoms with Crippen LogP contribution >= 0.6 is 0 Å². The number of benzene rings is 1. The Kier molecular flexibility index (Phi) is 3.88. The Balaban J connectivity index is 2.26. The zero-order valence-electron chi connectivity index (χ0n) is 11.2. The highest BCUT2D eigenvalue weighted by atomic mass is 14.8. The number of rotatable bonds is 4. The molecule has 0 bridgehead atoms. The monoisotopic (exact) mass is 231 g/mol. The van der Waals surface area contributed by atoms with Crippen LogP contribution in [0.5, 0.6) is 0 Å². The lowest BCUT2D eigenvalue weighted by molar-refractivity contribution is 0.273. The summed E-state index contributed by atoms with van der Waals surface area (Å²) in [6.07, 6.45) is 7.25. The molecule has 1 aliphatic carbocycles. The molecule has 0 saturated heterocycles. The van der Waals surface area contributed by atoms with Crippen LogP contribution in [0.25, 0.3) is 0 Å². The fourth-order valence-corrected chi connectivity index (χ4v) is 3.26. The lowest BCUT2D eigenvalue weighted by Gasteiger charge is -2.38. The first-order valence-corrected chi connectivity index (χ1v) is 7.07. The highest BCUT2D eigenvalue weighted by molar-refractivity contribution is 5.35. The van der Waals surface area contributed by atoms with Crippen molar-refractivity contribution in [1.29, 1.82) is 0 Å². The summed E-state index contributed by atoms with van der Waals surface area (Å²) >= 11 is 0. The molecule has 1 nitrogen and oxygen atoms in total. The normalized spacial score (nSPS) is 23.8. The van der Waals surface area contributed by atoms with E-state index in [1.54, 1.807) is 0 Å². The third-order valence-electron chi connectivity index (χ3n) is 4.43. The summed E-state index contributed by atoms with van der Waals surface area (Å²) in [6, 6.07) is 8.78. The van der Waals surface area contributed by atoms with E-state index >= 15 is 0 Å². The molecule has 94 valence electrons. The minimum atomic E-state index is -0.0640. The van der Waals surface area contributed by atoms with E-state index in [9.17, 15) is 0 Å². The Labute approximate surface area is 105 Å². The summed E-state index contributed by atoms with van der Waals surface area (Å²) in [5.74, 6) is 0.770. The van der Waals surface area contributed by atoms with Crippen LogP contribution in [0, 0.1) is 5.92 Å². The van der Waals surface area contributed by atoms with Crippen LogP contribution in [0.2, 0.25) is 0 Å². The van der Waals surface area contributed by atoms with E-state index in [-0.39, 0.29) is 5.54 Å². The molecule has 0 amide bonds. The van der Waals surface area contributed by atoms with Crippen molar-refractivity contribution in [3.63, 3.8) is 0 Å². The molecule has 1 atom stereocenters. The Morgan fingerprint density at radius 3 is 2.65 bits per heavy atom. The molecular weight excluding hydrogens is 206 g/mol. The standard InChI is InChI=1S/C16H25N/c1-3-13(4-2)12-16(17)11-7-9-14-8-5-6-10-15(14)16/h5-6,8,10,13H,3-4,7,9,11-12,17H2,1-2H3. The maximum atomic E-state index is 6.72. The van der Waals surface area contributed by atoms with Crippen molar-refractivity contribution in [2.75, 3.05) is 0 Å². The molecule has 0 saturated carbocycles. The summed E-state index contributed by atoms with van der Waals surface area (Å²) in [6.45, 7) is 4.57. The van der Waals surface area contributed by atoms with Gasteiger partial charge in [-0.25, -0.2) is 0 Å². The zero-order valence-corrected chi connectivity index (χ0v) is 11.2. The molecule has 2 N–H and O–H groups in total. The van der Waals surface area contributed by atoms with Crippen LogP contribution in [0.3, 0.4) is 0 Å². The van der Waals surface area contributed by atoms with Gasteiger partial charge in [0.25, 0.3) is 0 Å². The summed E-state index contributed by atoms with van der Waals surface area (Å²) in [7, 11) is 0. The molecule has 1 unspecified atom stereocenters. The van der Waals surface area contributed by atoms with Crippen molar-refractivity contribution in [1.82, 2.24) is 0 Å². The van der Waals surface area contributed by atoms with Gasteiger partial charge in [-0.1, -0.05) is 51.0 Å². The topological polar surface area (TPSA) is 26.0 Å². The van der Waals surface area contributed by atoms with E-state index in [1.807, 2.05) is 0 Å². The predicted molar refractivity (Wildman–Crippen MR) is 73.9 cm³/mol. The van der Waals surface area contributed by atoms with Gasteiger partial charge in [-0.15, -0.1) is 0 Å². The average Bonchev–Trinajstić information content (AvgIpc) is 2.37. The van der Waals surface area contributed by atoms with E-state index in [4.69, 9.17) is 5.73 Å². The molecular formula is C16H25N. The highest BCUT2D eigenvalue weighted by Crippen LogP contribution is 2.38. The quantitative estimate of drug-likeness (QED) is 0.832. The van der Waals surface area contributed by atoms with Crippen molar-refractivity contribution in [2.24, 2.45) is 11.7 Å². The van der Waals surface area contributed by atoms with Gasteiger partial charge in [-0.05, 0) is 42.7 Å². The van der Waals surface area contributed by atoms with Crippen molar-refractivity contribution in [3.8, 4) is 0 Å². The second-order valence-corrected chi connectivity index (χ2v) is 5.55. The van der Waals surface area contributed by atoms with Crippen LogP contribution in [0.4, 0.5) is 0 Å². The molecule has 0 aliphatic heterocycles. The molecule has 0 radical (unpaired) electrons. The Bertz CT molecular complexity index is 368. The van der Waals surface area contributed by atoms with E-state index in [1.165, 1.54) is 36.8 Å². The van der Waals surface area contributed by atoms with Gasteiger partial charge in [-0.3, -0.25) is 0 Å². The number of nitrogens with two attached hydrogens (primary N) is 1. The zero-order chi connectivity index (χ0) is 12.3. The van der Waals surface area contributed by atoms with E-state index < -0.39 is 0 Å². The third-order valence-corrected chi connectivity index (χ3v) is 4.43. The smallest absolute Gasteiger partial charge is 0.0415 e. The first kappa shape index (κ1) is 12.6. The summed E-state index contributed by atoms with van der Waals surface area (Å²) in [5.41, 5.74) is 9.55. The van der Waals surface area contributed by atoms with Crippen molar-refractivity contribution in [2.45, 2.75) is 57.9 Å². The Hall–Kier alpha value is -0.820. The number of fused-ring (bicyclic) bond motifs is 1. The molecule has 1 aromatic carbocycles. The van der Waals surface area contributed by atoms with Crippen molar-refractivity contribution >= 4 is 0 Å². The second kappa shape index (κ2) is 5.22. The molecule has 2 rings (SSSR count). The van der Waals surface area contributed by atoms with Gasteiger partial charge < -0.3 is 5.73 Å². The molecule has 0 fully saturated rings. The molecule has 1 aliphatic rings. The predicted octanol–water partition coefficient (Wildman–Crippen LogP) is 4.00. The van der Waals surface area contributed by atoms with Crippen LogP contribution in [0.1, 0.15) is 57.1 Å². The summed E-state index contributed by atoms with van der Waals surface area (Å²) < 4.78 is 0. The van der Waals surface area contributed by atoms with Crippen molar-refractivity contribution in [3.05, 3.63) is 35.4 Å². The maximum Gasteiger partial charge on any atom is 0.0415 e. The first-order chi connectivity index (χ1) is 8.19. The van der Waals surface area contributed by atoms with Crippen LogP contribution in [-0.4, -0.2) is 0 Å². The van der Waals surface area contributed by atoms with Gasteiger partial charge >= 0.3 is 0 Å². The highest BCUT2D eigenvalue weighted by Gasteiger charge is 2.33. The van der Waals surface area contributed by atoms with Gasteiger partial charge in [-0.2, -0.15) is 0 Å². The van der Waals surface area contributed by atoms with E-state index in [2.05, 4.69) is 38.1 Å². The van der Waals surface area contributed by atoms with Gasteiger partial charge in [0.05, 0.1) is 0 Å². The van der Waals surface area contributed by atoms with Gasteiger partial charge in [0, 0.05) is 5.54 Å². The fraction of sp³-hybridized carbons (Fsp3) is 0.625. The van der Waals surface area contributed by atoms with Crippen LogP contribution in [0.15, 0.2) is 24.3 Å². The summed E-state index contributed by atoms with van der Waals surface area (Å²) in [4.78, 5) is 0. The average molecular weight is 231 g/mol. The van der Waals surface area contributed by atoms with Gasteiger partial charge in [0.15, 0.2) is 0 Å². The molecule has 0 aromatic heterocycles. The minimum Gasteiger partial charge on any atom is -0.321 e. The van der Waals surface area contributed by atoms with E-state index in [0.717, 1.165) is 18.8 Å². The Morgan fingerprint density at radius 1 is 1.24 bits per heavy atom. The molecule has 17 heavy (non-hydrogen) atoms. The first-order valence-electron chi connectivity index (χ1n) is 7.07. The van der Waals surface area contributed by atoms with Gasteiger partial charge in [0.2, 0.25) is 0 Å². The summed E-state index contributed by atoms with van der Waals surface area (Å²) in [5, 5.41) is 0. The van der Waals surface area contributed by atoms with Gasteiger partial charge in [0.1, 0.15) is 0 Å². The maximum absolute atomic E-state index is 6.72. The lowest BCUT2D eigenvalue weighted by Crippen LogP contribution is -2.41. The minimum absolute atomic E-state index is 0.0640. The Morgan fingerprint density at radius 2 is 1.94 bits per heavy atom. The molecule has 1 aromatic rings. The second-order valence-electron chi connectivity index (χ2n) is 5.55. The SMILES string of the molecule is CCC(CC)CC1(N)CCCc2ccccc21.